The molecule has 1 saturated carbocycles. The first-order valence-electron chi connectivity index (χ1n) is 10.9. The molecule has 9 heteroatoms. The van der Waals surface area contributed by atoms with E-state index in [1.807, 2.05) is 18.2 Å². The minimum atomic E-state index is -0.852. The van der Waals surface area contributed by atoms with Crippen molar-refractivity contribution in [3.63, 3.8) is 0 Å². The van der Waals surface area contributed by atoms with Crippen molar-refractivity contribution in [2.45, 2.75) is 56.5 Å². The van der Waals surface area contributed by atoms with E-state index in [0.717, 1.165) is 49.2 Å². The van der Waals surface area contributed by atoms with Gasteiger partial charge in [-0.05, 0) is 38.3 Å². The Morgan fingerprint density at radius 1 is 1.16 bits per heavy atom. The van der Waals surface area contributed by atoms with Gasteiger partial charge in [0.15, 0.2) is 0 Å². The first kappa shape index (κ1) is 21.4. The smallest absolute Gasteiger partial charge is 0.344 e. The first-order chi connectivity index (χ1) is 15.0. The van der Waals surface area contributed by atoms with Crippen LogP contribution in [0.3, 0.4) is 0 Å². The van der Waals surface area contributed by atoms with Crippen molar-refractivity contribution in [1.29, 1.82) is 0 Å². The van der Waals surface area contributed by atoms with Crippen molar-refractivity contribution < 1.29 is 23.9 Å². The molecule has 1 spiro atoms. The van der Waals surface area contributed by atoms with E-state index in [1.165, 1.54) is 0 Å². The van der Waals surface area contributed by atoms with E-state index in [2.05, 4.69) is 15.6 Å². The van der Waals surface area contributed by atoms with Crippen LogP contribution in [0.25, 0.3) is 0 Å². The zero-order valence-electron chi connectivity index (χ0n) is 18.1. The van der Waals surface area contributed by atoms with Crippen LogP contribution in [0.15, 0.2) is 18.2 Å². The van der Waals surface area contributed by atoms with Gasteiger partial charge in [-0.25, -0.2) is 4.79 Å². The molecule has 9 nitrogen and oxygen atoms in total. The third kappa shape index (κ3) is 4.06. The van der Waals surface area contributed by atoms with Crippen molar-refractivity contribution in [3.05, 3.63) is 23.8 Å². The summed E-state index contributed by atoms with van der Waals surface area (Å²) >= 11 is 0. The normalized spacial score (nSPS) is 23.2. The standard InChI is InChI=1S/C22H30N4O5/c1-30-15-8-9-16(18(13-15)31-2)17-7-6-12-25(17)14-19(27)24-26-20(28)22(23-21(26)29)10-4-3-5-11-22/h8-9,13,17H,3-7,10-12,14H2,1-2H3,(H,23,29)(H,24,27)/t17-/m1/s1. The number of hydrogen-bond acceptors (Lipinski definition) is 6. The Hall–Kier alpha value is -2.81. The molecule has 31 heavy (non-hydrogen) atoms. The summed E-state index contributed by atoms with van der Waals surface area (Å²) < 4.78 is 10.8. The number of nitrogens with one attached hydrogen (secondary N) is 2. The number of hydrazine groups is 1. The molecule has 2 saturated heterocycles. The van der Waals surface area contributed by atoms with Crippen molar-refractivity contribution in [2.75, 3.05) is 27.3 Å². The van der Waals surface area contributed by atoms with Gasteiger partial charge in [-0.2, -0.15) is 5.01 Å². The Morgan fingerprint density at radius 2 is 1.94 bits per heavy atom. The van der Waals surface area contributed by atoms with E-state index in [0.29, 0.717) is 24.3 Å². The van der Waals surface area contributed by atoms with Gasteiger partial charge in [-0.1, -0.05) is 25.3 Å². The summed E-state index contributed by atoms with van der Waals surface area (Å²) in [5, 5.41) is 3.68. The Morgan fingerprint density at radius 3 is 2.65 bits per heavy atom. The highest BCUT2D eigenvalue weighted by molar-refractivity contribution is 6.08. The molecule has 1 aromatic carbocycles. The number of likely N-dealkylation sites (tertiary alicyclic amines) is 1. The molecule has 0 aromatic heterocycles. The van der Waals surface area contributed by atoms with Gasteiger partial charge >= 0.3 is 6.03 Å². The SMILES string of the molecule is COc1ccc([C@H]2CCCN2CC(=O)NN2C(=O)NC3(CCCCC3)C2=O)c(OC)c1. The van der Waals surface area contributed by atoms with Gasteiger partial charge in [0.05, 0.1) is 20.8 Å². The molecule has 0 unspecified atom stereocenters. The van der Waals surface area contributed by atoms with E-state index in [9.17, 15) is 14.4 Å². The monoisotopic (exact) mass is 430 g/mol. The minimum Gasteiger partial charge on any atom is -0.497 e. The number of carbonyl (C=O) groups excluding carboxylic acids is 3. The lowest BCUT2D eigenvalue weighted by Crippen LogP contribution is -2.52. The number of benzene rings is 1. The molecule has 168 valence electrons. The van der Waals surface area contributed by atoms with E-state index in [-0.39, 0.29) is 24.4 Å². The second-order valence-electron chi connectivity index (χ2n) is 8.48. The molecule has 2 N–H and O–H groups in total. The fourth-order valence-electron chi connectivity index (χ4n) is 5.02. The fraction of sp³-hybridized carbons (Fsp3) is 0.591. The zero-order chi connectivity index (χ0) is 22.0. The summed E-state index contributed by atoms with van der Waals surface area (Å²) in [7, 11) is 3.22. The summed E-state index contributed by atoms with van der Waals surface area (Å²) in [5.74, 6) is 0.694. The number of hydrogen-bond donors (Lipinski definition) is 2. The van der Waals surface area contributed by atoms with E-state index in [1.54, 1.807) is 14.2 Å². The molecule has 1 atom stereocenters. The second kappa shape index (κ2) is 8.74. The molecule has 1 aromatic rings. The number of nitrogens with zero attached hydrogens (tertiary/aromatic N) is 2. The zero-order valence-corrected chi connectivity index (χ0v) is 18.1. The lowest BCUT2D eigenvalue weighted by molar-refractivity contribution is -0.140. The van der Waals surface area contributed by atoms with Gasteiger partial charge < -0.3 is 14.8 Å². The second-order valence-corrected chi connectivity index (χ2v) is 8.48. The van der Waals surface area contributed by atoms with Crippen LogP contribution in [-0.4, -0.2) is 60.6 Å². The molecule has 0 radical (unpaired) electrons. The predicted octanol–water partition coefficient (Wildman–Crippen LogP) is 2.13. The maximum absolute atomic E-state index is 12.9. The summed E-state index contributed by atoms with van der Waals surface area (Å²) in [6.07, 6.45) is 5.93. The maximum atomic E-state index is 12.9. The Balaban J connectivity index is 1.43. The van der Waals surface area contributed by atoms with Crippen LogP contribution in [0.4, 0.5) is 4.79 Å². The third-order valence-corrected chi connectivity index (χ3v) is 6.62. The molecule has 1 aliphatic carbocycles. The number of rotatable bonds is 6. The lowest BCUT2D eigenvalue weighted by atomic mass is 9.82. The highest BCUT2D eigenvalue weighted by Crippen LogP contribution is 2.38. The van der Waals surface area contributed by atoms with Crippen LogP contribution < -0.4 is 20.2 Å². The third-order valence-electron chi connectivity index (χ3n) is 6.62. The molecule has 2 heterocycles. The Bertz CT molecular complexity index is 867. The predicted molar refractivity (Wildman–Crippen MR) is 112 cm³/mol. The first-order valence-corrected chi connectivity index (χ1v) is 10.9. The van der Waals surface area contributed by atoms with Crippen LogP contribution in [0.5, 0.6) is 11.5 Å². The maximum Gasteiger partial charge on any atom is 0.344 e. The number of amides is 4. The van der Waals surface area contributed by atoms with Crippen LogP contribution in [0, 0.1) is 0 Å². The van der Waals surface area contributed by atoms with Crippen molar-refractivity contribution >= 4 is 17.8 Å². The molecule has 2 aliphatic heterocycles. The van der Waals surface area contributed by atoms with Gasteiger partial charge in [0.25, 0.3) is 11.8 Å². The summed E-state index contributed by atoms with van der Waals surface area (Å²) in [6.45, 7) is 0.835. The molecule has 3 fully saturated rings. The van der Waals surface area contributed by atoms with Gasteiger partial charge in [0.2, 0.25) is 0 Å². The molecular weight excluding hydrogens is 400 g/mol. The van der Waals surface area contributed by atoms with Gasteiger partial charge in [0.1, 0.15) is 17.0 Å². The fourth-order valence-corrected chi connectivity index (χ4v) is 5.02. The van der Waals surface area contributed by atoms with Gasteiger partial charge in [0, 0.05) is 17.7 Å². The molecule has 0 bridgehead atoms. The van der Waals surface area contributed by atoms with Crippen LogP contribution in [0.1, 0.15) is 56.6 Å². The molecule has 3 aliphatic rings. The van der Waals surface area contributed by atoms with Crippen LogP contribution in [-0.2, 0) is 9.59 Å². The number of imide groups is 1. The molecule has 4 amide bonds. The average molecular weight is 431 g/mol. The summed E-state index contributed by atoms with van der Waals surface area (Å²) in [5.41, 5.74) is 2.67. The quantitative estimate of drug-likeness (QED) is 0.671. The van der Waals surface area contributed by atoms with Crippen LogP contribution in [0.2, 0.25) is 0 Å². The number of carbonyl (C=O) groups is 3. The topological polar surface area (TPSA) is 100 Å². The van der Waals surface area contributed by atoms with Crippen molar-refractivity contribution in [2.24, 2.45) is 0 Å². The highest BCUT2D eigenvalue weighted by atomic mass is 16.5. The molecule has 4 rings (SSSR count). The lowest BCUT2D eigenvalue weighted by Gasteiger charge is -2.30. The van der Waals surface area contributed by atoms with Gasteiger partial charge in [-0.15, -0.1) is 0 Å². The Kier molecular flexibility index (Phi) is 6.04. The minimum absolute atomic E-state index is 0.0133. The number of methoxy groups -OCH3 is 2. The summed E-state index contributed by atoms with van der Waals surface area (Å²) in [4.78, 5) is 40.1. The number of ether oxygens (including phenoxy) is 2. The van der Waals surface area contributed by atoms with Crippen LogP contribution >= 0.6 is 0 Å². The van der Waals surface area contributed by atoms with E-state index >= 15 is 0 Å². The molecular formula is C22H30N4O5. The van der Waals surface area contributed by atoms with Crippen molar-refractivity contribution in [1.82, 2.24) is 20.7 Å². The number of urea groups is 1. The Labute approximate surface area is 182 Å². The average Bonchev–Trinajstić information content (AvgIpc) is 3.32. The van der Waals surface area contributed by atoms with Gasteiger partial charge in [-0.3, -0.25) is 19.9 Å². The highest BCUT2D eigenvalue weighted by Gasteiger charge is 2.52. The summed E-state index contributed by atoms with van der Waals surface area (Å²) in [6, 6.07) is 5.14. The van der Waals surface area contributed by atoms with Crippen molar-refractivity contribution in [3.8, 4) is 11.5 Å². The largest absolute Gasteiger partial charge is 0.497 e. The van der Waals surface area contributed by atoms with E-state index in [4.69, 9.17) is 9.47 Å². The van der Waals surface area contributed by atoms with E-state index < -0.39 is 11.6 Å².